The molecule has 2 aliphatic rings. The van der Waals surface area contributed by atoms with Crippen molar-refractivity contribution in [3.8, 4) is 0 Å². The first kappa shape index (κ1) is 10.3. The summed E-state index contributed by atoms with van der Waals surface area (Å²) >= 11 is 0. The van der Waals surface area contributed by atoms with Gasteiger partial charge in [-0.2, -0.15) is 0 Å². The first-order valence-corrected chi connectivity index (χ1v) is 5.75. The van der Waals surface area contributed by atoms with Gasteiger partial charge in [0.15, 0.2) is 0 Å². The van der Waals surface area contributed by atoms with E-state index in [0.717, 1.165) is 18.7 Å². The fourth-order valence-electron chi connectivity index (χ4n) is 2.17. The van der Waals surface area contributed by atoms with Crippen molar-refractivity contribution in [2.45, 2.75) is 31.7 Å². The van der Waals surface area contributed by atoms with E-state index in [1.54, 1.807) is 0 Å². The molecule has 1 saturated carbocycles. The third-order valence-corrected chi connectivity index (χ3v) is 3.33. The summed E-state index contributed by atoms with van der Waals surface area (Å²) in [5.74, 6) is 1.09. The van der Waals surface area contributed by atoms with E-state index < -0.39 is 6.09 Å². The van der Waals surface area contributed by atoms with Crippen molar-refractivity contribution >= 4 is 6.09 Å². The van der Waals surface area contributed by atoms with Crippen molar-refractivity contribution in [3.05, 3.63) is 27.4 Å². The molecule has 1 aliphatic heterocycles. The standard InChI is InChI=1S/C11H13N3O3/c15-10-7-3-4-14(11(16)17)5-8(7)12-9(13-10)6-1-2-6/h6H,1-5H2,(H,16,17)(H,12,13,15). The molecule has 3 rings (SSSR count). The van der Waals surface area contributed by atoms with Gasteiger partial charge in [-0.25, -0.2) is 9.78 Å². The number of hydrogen-bond donors (Lipinski definition) is 2. The smallest absolute Gasteiger partial charge is 0.407 e. The summed E-state index contributed by atoms with van der Waals surface area (Å²) in [6.45, 7) is 0.601. The van der Waals surface area contributed by atoms with Crippen molar-refractivity contribution in [2.24, 2.45) is 0 Å². The van der Waals surface area contributed by atoms with E-state index in [1.807, 2.05) is 0 Å². The highest BCUT2D eigenvalue weighted by atomic mass is 16.4. The maximum absolute atomic E-state index is 11.8. The minimum absolute atomic E-state index is 0.0954. The topological polar surface area (TPSA) is 86.3 Å². The van der Waals surface area contributed by atoms with Gasteiger partial charge in [0.05, 0.1) is 12.2 Å². The highest BCUT2D eigenvalue weighted by Crippen LogP contribution is 2.37. The summed E-state index contributed by atoms with van der Waals surface area (Å²) in [5.41, 5.74) is 1.18. The van der Waals surface area contributed by atoms with Crippen molar-refractivity contribution in [1.82, 2.24) is 14.9 Å². The Kier molecular flexibility index (Phi) is 2.17. The minimum Gasteiger partial charge on any atom is -0.465 e. The number of aromatic amines is 1. The third kappa shape index (κ3) is 1.79. The number of hydrogen-bond acceptors (Lipinski definition) is 3. The van der Waals surface area contributed by atoms with E-state index >= 15 is 0 Å². The van der Waals surface area contributed by atoms with Crippen LogP contribution in [-0.4, -0.2) is 32.6 Å². The van der Waals surface area contributed by atoms with Gasteiger partial charge < -0.3 is 15.0 Å². The second-order valence-corrected chi connectivity index (χ2v) is 4.60. The van der Waals surface area contributed by atoms with Crippen LogP contribution in [0.25, 0.3) is 0 Å². The Morgan fingerprint density at radius 3 is 2.88 bits per heavy atom. The number of rotatable bonds is 1. The van der Waals surface area contributed by atoms with Gasteiger partial charge in [0.25, 0.3) is 5.56 Å². The Morgan fingerprint density at radius 2 is 2.24 bits per heavy atom. The largest absolute Gasteiger partial charge is 0.465 e. The summed E-state index contributed by atoms with van der Waals surface area (Å²) in [6.07, 6.45) is 1.62. The lowest BCUT2D eigenvalue weighted by atomic mass is 10.1. The number of aromatic nitrogens is 2. The second-order valence-electron chi connectivity index (χ2n) is 4.60. The molecule has 0 spiro atoms. The molecular formula is C11H13N3O3. The molecule has 2 N–H and O–H groups in total. The molecule has 1 fully saturated rings. The predicted molar refractivity (Wildman–Crippen MR) is 59.0 cm³/mol. The lowest BCUT2D eigenvalue weighted by molar-refractivity contribution is 0.139. The van der Waals surface area contributed by atoms with Crippen LogP contribution in [0.15, 0.2) is 4.79 Å². The number of carbonyl (C=O) groups is 1. The van der Waals surface area contributed by atoms with Crippen LogP contribution in [0.4, 0.5) is 4.79 Å². The number of carboxylic acid groups (broad SMARTS) is 1. The van der Waals surface area contributed by atoms with E-state index in [4.69, 9.17) is 5.11 Å². The Balaban J connectivity index is 1.99. The number of H-pyrrole nitrogens is 1. The highest BCUT2D eigenvalue weighted by Gasteiger charge is 2.29. The average molecular weight is 235 g/mol. The first-order chi connectivity index (χ1) is 8.15. The Morgan fingerprint density at radius 1 is 1.47 bits per heavy atom. The zero-order valence-corrected chi connectivity index (χ0v) is 9.27. The normalized spacial score (nSPS) is 18.9. The SMILES string of the molecule is O=C(O)N1CCc2c(nc(C3CC3)[nH]c2=O)C1. The molecule has 1 aromatic heterocycles. The molecule has 0 bridgehead atoms. The van der Waals surface area contributed by atoms with E-state index in [0.29, 0.717) is 30.1 Å². The first-order valence-electron chi connectivity index (χ1n) is 5.75. The van der Waals surface area contributed by atoms with E-state index in [1.165, 1.54) is 4.90 Å². The van der Waals surface area contributed by atoms with Gasteiger partial charge in [0.1, 0.15) is 5.82 Å². The van der Waals surface area contributed by atoms with Gasteiger partial charge in [-0.1, -0.05) is 0 Å². The molecule has 6 nitrogen and oxygen atoms in total. The van der Waals surface area contributed by atoms with Crippen LogP contribution in [0.1, 0.15) is 35.8 Å². The Hall–Kier alpha value is -1.85. The van der Waals surface area contributed by atoms with E-state index in [2.05, 4.69) is 9.97 Å². The quantitative estimate of drug-likeness (QED) is 0.749. The lowest BCUT2D eigenvalue weighted by Crippen LogP contribution is -2.38. The van der Waals surface area contributed by atoms with Gasteiger partial charge >= 0.3 is 6.09 Å². The van der Waals surface area contributed by atoms with Crippen molar-refractivity contribution in [1.29, 1.82) is 0 Å². The number of amides is 1. The molecule has 0 saturated heterocycles. The van der Waals surface area contributed by atoms with E-state index in [-0.39, 0.29) is 12.1 Å². The second kappa shape index (κ2) is 3.58. The minimum atomic E-state index is -0.953. The maximum Gasteiger partial charge on any atom is 0.407 e. The molecule has 90 valence electrons. The molecule has 1 aliphatic carbocycles. The van der Waals surface area contributed by atoms with Crippen LogP contribution in [0.2, 0.25) is 0 Å². The zero-order chi connectivity index (χ0) is 12.0. The molecule has 0 atom stereocenters. The predicted octanol–water partition coefficient (Wildman–Crippen LogP) is 0.683. The monoisotopic (exact) mass is 235 g/mol. The van der Waals surface area contributed by atoms with Gasteiger partial charge in [0.2, 0.25) is 0 Å². The number of nitrogens with zero attached hydrogens (tertiary/aromatic N) is 2. The molecule has 1 amide bonds. The summed E-state index contributed by atoms with van der Waals surface area (Å²) in [6, 6.07) is 0. The Labute approximate surface area is 97.3 Å². The van der Waals surface area contributed by atoms with Crippen LogP contribution in [0.5, 0.6) is 0 Å². The van der Waals surface area contributed by atoms with Crippen molar-refractivity contribution in [3.63, 3.8) is 0 Å². The van der Waals surface area contributed by atoms with Crippen molar-refractivity contribution in [2.75, 3.05) is 6.54 Å². The molecule has 2 heterocycles. The fourth-order valence-corrected chi connectivity index (χ4v) is 2.17. The van der Waals surface area contributed by atoms with Crippen LogP contribution in [-0.2, 0) is 13.0 Å². The van der Waals surface area contributed by atoms with Crippen LogP contribution < -0.4 is 5.56 Å². The summed E-state index contributed by atoms with van der Waals surface area (Å²) in [7, 11) is 0. The maximum atomic E-state index is 11.8. The molecule has 17 heavy (non-hydrogen) atoms. The summed E-state index contributed by atoms with van der Waals surface area (Å²) in [4.78, 5) is 31.2. The number of fused-ring (bicyclic) bond motifs is 1. The highest BCUT2D eigenvalue weighted by molar-refractivity contribution is 5.65. The molecule has 1 aromatic rings. The zero-order valence-electron chi connectivity index (χ0n) is 9.27. The Bertz CT molecular complexity index is 533. The molecule has 0 aromatic carbocycles. The summed E-state index contributed by atoms with van der Waals surface area (Å²) < 4.78 is 0. The van der Waals surface area contributed by atoms with Crippen LogP contribution >= 0.6 is 0 Å². The molecule has 0 unspecified atom stereocenters. The lowest BCUT2D eigenvalue weighted by Gasteiger charge is -2.25. The van der Waals surface area contributed by atoms with Gasteiger partial charge in [-0.15, -0.1) is 0 Å². The van der Waals surface area contributed by atoms with Crippen LogP contribution in [0, 0.1) is 0 Å². The summed E-state index contributed by atoms with van der Waals surface area (Å²) in [5, 5.41) is 8.94. The molecule has 6 heteroatoms. The van der Waals surface area contributed by atoms with E-state index in [9.17, 15) is 9.59 Å². The fraction of sp³-hybridized carbons (Fsp3) is 0.545. The molecular weight excluding hydrogens is 222 g/mol. The number of nitrogens with one attached hydrogen (secondary N) is 1. The van der Waals surface area contributed by atoms with Crippen LogP contribution in [0.3, 0.4) is 0 Å². The van der Waals surface area contributed by atoms with Gasteiger partial charge in [-0.3, -0.25) is 4.79 Å². The molecule has 0 radical (unpaired) electrons. The van der Waals surface area contributed by atoms with Gasteiger partial charge in [0, 0.05) is 18.0 Å². The van der Waals surface area contributed by atoms with Gasteiger partial charge in [-0.05, 0) is 19.3 Å². The van der Waals surface area contributed by atoms with Crippen molar-refractivity contribution < 1.29 is 9.90 Å². The third-order valence-electron chi connectivity index (χ3n) is 3.33. The average Bonchev–Trinajstić information content (AvgIpc) is 3.11.